The number of allylic oxidation sites excluding steroid dienone is 1. The first kappa shape index (κ1) is 16.7. The van der Waals surface area contributed by atoms with Gasteiger partial charge in [0.1, 0.15) is 10.7 Å². The van der Waals surface area contributed by atoms with E-state index in [4.69, 9.17) is 0 Å². The summed E-state index contributed by atoms with van der Waals surface area (Å²) in [7, 11) is 0. The van der Waals surface area contributed by atoms with Crippen molar-refractivity contribution in [1.29, 1.82) is 0 Å². The van der Waals surface area contributed by atoms with Gasteiger partial charge in [0.05, 0.1) is 11.9 Å². The third-order valence-corrected chi connectivity index (χ3v) is 5.83. The highest BCUT2D eigenvalue weighted by atomic mass is 32.1. The molecule has 1 aliphatic heterocycles. The fourth-order valence-electron chi connectivity index (χ4n) is 3.19. The summed E-state index contributed by atoms with van der Waals surface area (Å²) >= 11 is 1.50. The molecule has 132 valence electrons. The second kappa shape index (κ2) is 6.49. The molecule has 0 atom stereocenters. The van der Waals surface area contributed by atoms with E-state index in [0.29, 0.717) is 30.7 Å². The van der Waals surface area contributed by atoms with Gasteiger partial charge in [-0.15, -0.1) is 11.3 Å². The first-order valence-electron chi connectivity index (χ1n) is 8.45. The van der Waals surface area contributed by atoms with Crippen molar-refractivity contribution in [3.63, 3.8) is 0 Å². The van der Waals surface area contributed by atoms with Gasteiger partial charge in [-0.1, -0.05) is 6.08 Å². The van der Waals surface area contributed by atoms with Gasteiger partial charge in [-0.25, -0.2) is 4.98 Å². The molecule has 4 heterocycles. The minimum atomic E-state index is -0.122. The van der Waals surface area contributed by atoms with Crippen molar-refractivity contribution in [2.75, 3.05) is 6.54 Å². The summed E-state index contributed by atoms with van der Waals surface area (Å²) < 4.78 is 0. The predicted molar refractivity (Wildman–Crippen MR) is 102 cm³/mol. The summed E-state index contributed by atoms with van der Waals surface area (Å²) in [4.78, 5) is 40.3. The first-order chi connectivity index (χ1) is 12.6. The topological polar surface area (TPSA) is 79.0 Å². The summed E-state index contributed by atoms with van der Waals surface area (Å²) in [5.74, 6) is 0.594. The van der Waals surface area contributed by atoms with Crippen molar-refractivity contribution < 1.29 is 4.79 Å². The van der Waals surface area contributed by atoms with Gasteiger partial charge >= 0.3 is 0 Å². The fourth-order valence-corrected chi connectivity index (χ4v) is 4.43. The van der Waals surface area contributed by atoms with E-state index in [9.17, 15) is 9.59 Å². The van der Waals surface area contributed by atoms with Crippen molar-refractivity contribution in [2.45, 2.75) is 26.8 Å². The lowest BCUT2D eigenvalue weighted by Gasteiger charge is -2.27. The number of nitrogens with one attached hydrogen (secondary N) is 1. The van der Waals surface area contributed by atoms with Crippen molar-refractivity contribution >= 4 is 27.5 Å². The van der Waals surface area contributed by atoms with Crippen molar-refractivity contribution in [3.8, 4) is 11.4 Å². The zero-order valence-corrected chi connectivity index (χ0v) is 15.4. The number of aromatic amines is 1. The van der Waals surface area contributed by atoms with Crippen LogP contribution in [0.4, 0.5) is 0 Å². The Kier molecular flexibility index (Phi) is 4.16. The molecule has 3 aromatic rings. The zero-order chi connectivity index (χ0) is 18.3. The standard InChI is InChI=1S/C19H18N4O2S/c1-3-11(2)19(25)23-9-6-13-14(10-23)26-18-15(13)17(24)21-16(22-18)12-4-7-20-8-5-12/h3-5,7-8H,6,9-10H2,1-2H3,(H,21,22,24). The Morgan fingerprint density at radius 1 is 1.35 bits per heavy atom. The highest BCUT2D eigenvalue weighted by Crippen LogP contribution is 2.33. The van der Waals surface area contributed by atoms with Gasteiger partial charge in [0.25, 0.3) is 5.56 Å². The number of pyridine rings is 1. The quantitative estimate of drug-likeness (QED) is 0.707. The maximum atomic E-state index is 12.7. The number of aromatic nitrogens is 3. The maximum Gasteiger partial charge on any atom is 0.260 e. The Morgan fingerprint density at radius 3 is 2.85 bits per heavy atom. The third kappa shape index (κ3) is 2.74. The van der Waals surface area contributed by atoms with Gasteiger partial charge in [-0.05, 0) is 38.0 Å². The van der Waals surface area contributed by atoms with Crippen LogP contribution in [0.3, 0.4) is 0 Å². The molecule has 0 bridgehead atoms. The van der Waals surface area contributed by atoms with Crippen LogP contribution in [0, 0.1) is 0 Å². The van der Waals surface area contributed by atoms with Gasteiger partial charge in [0, 0.05) is 35.0 Å². The van der Waals surface area contributed by atoms with E-state index in [1.807, 2.05) is 37.0 Å². The number of carbonyl (C=O) groups excluding carboxylic acids is 1. The molecular weight excluding hydrogens is 348 g/mol. The Balaban J connectivity index is 1.76. The van der Waals surface area contributed by atoms with E-state index in [-0.39, 0.29) is 11.5 Å². The van der Waals surface area contributed by atoms with Gasteiger partial charge in [-0.2, -0.15) is 0 Å². The molecule has 0 aromatic carbocycles. The Morgan fingerprint density at radius 2 is 2.12 bits per heavy atom. The minimum Gasteiger partial charge on any atom is -0.333 e. The number of rotatable bonds is 2. The molecule has 6 nitrogen and oxygen atoms in total. The summed E-state index contributed by atoms with van der Waals surface area (Å²) in [5, 5.41) is 0.665. The lowest BCUT2D eigenvalue weighted by molar-refractivity contribution is -0.127. The molecule has 0 unspecified atom stereocenters. The van der Waals surface area contributed by atoms with Crippen LogP contribution in [0.15, 0.2) is 41.0 Å². The van der Waals surface area contributed by atoms with E-state index in [1.165, 1.54) is 11.3 Å². The second-order valence-corrected chi connectivity index (χ2v) is 7.37. The van der Waals surface area contributed by atoms with Gasteiger partial charge < -0.3 is 9.88 Å². The van der Waals surface area contributed by atoms with Crippen LogP contribution in [0.5, 0.6) is 0 Å². The third-order valence-electron chi connectivity index (χ3n) is 4.72. The van der Waals surface area contributed by atoms with Crippen LogP contribution in [0.1, 0.15) is 24.3 Å². The summed E-state index contributed by atoms with van der Waals surface area (Å²) in [6, 6.07) is 3.63. The molecule has 1 N–H and O–H groups in total. The summed E-state index contributed by atoms with van der Waals surface area (Å²) in [6.45, 7) is 4.85. The second-order valence-electron chi connectivity index (χ2n) is 6.28. The summed E-state index contributed by atoms with van der Waals surface area (Å²) in [6.07, 6.45) is 5.85. The lowest BCUT2D eigenvalue weighted by Crippen LogP contribution is -2.36. The molecule has 26 heavy (non-hydrogen) atoms. The molecular formula is C19H18N4O2S. The molecule has 0 saturated carbocycles. The molecule has 1 amide bonds. The predicted octanol–water partition coefficient (Wildman–Crippen LogP) is 2.90. The Hall–Kier alpha value is -2.80. The number of H-pyrrole nitrogens is 1. The minimum absolute atomic E-state index is 0.0509. The van der Waals surface area contributed by atoms with Crippen molar-refractivity contribution in [1.82, 2.24) is 19.9 Å². The number of amides is 1. The van der Waals surface area contributed by atoms with Gasteiger partial charge in [0.2, 0.25) is 5.91 Å². The highest BCUT2D eigenvalue weighted by molar-refractivity contribution is 7.18. The van der Waals surface area contributed by atoms with E-state index in [0.717, 1.165) is 26.4 Å². The smallest absolute Gasteiger partial charge is 0.260 e. The molecule has 3 aromatic heterocycles. The SMILES string of the molecule is CC=C(C)C(=O)N1CCc2c(sc3nc(-c4ccncc4)[nH]c(=O)c23)C1. The van der Waals surface area contributed by atoms with Crippen LogP contribution >= 0.6 is 11.3 Å². The number of fused-ring (bicyclic) bond motifs is 3. The lowest BCUT2D eigenvalue weighted by atomic mass is 10.0. The highest BCUT2D eigenvalue weighted by Gasteiger charge is 2.26. The monoisotopic (exact) mass is 366 g/mol. The Labute approximate surface area is 154 Å². The van der Waals surface area contributed by atoms with Crippen LogP contribution in [-0.2, 0) is 17.8 Å². The molecule has 0 aliphatic carbocycles. The molecule has 7 heteroatoms. The summed E-state index contributed by atoms with van der Waals surface area (Å²) in [5.41, 5.74) is 2.47. The van der Waals surface area contributed by atoms with E-state index in [2.05, 4.69) is 15.0 Å². The van der Waals surface area contributed by atoms with E-state index >= 15 is 0 Å². The molecule has 0 fully saturated rings. The number of hydrogen-bond donors (Lipinski definition) is 1. The zero-order valence-electron chi connectivity index (χ0n) is 14.6. The van der Waals surface area contributed by atoms with E-state index < -0.39 is 0 Å². The fraction of sp³-hybridized carbons (Fsp3) is 0.263. The number of hydrogen-bond acceptors (Lipinski definition) is 5. The molecule has 1 aliphatic rings. The number of carbonyl (C=O) groups is 1. The molecule has 0 radical (unpaired) electrons. The van der Waals surface area contributed by atoms with Crippen molar-refractivity contribution in [3.05, 3.63) is 57.0 Å². The molecule has 0 spiro atoms. The number of nitrogens with zero attached hydrogens (tertiary/aromatic N) is 3. The van der Waals surface area contributed by atoms with Gasteiger partial charge in [-0.3, -0.25) is 14.6 Å². The van der Waals surface area contributed by atoms with Crippen molar-refractivity contribution in [2.24, 2.45) is 0 Å². The van der Waals surface area contributed by atoms with Crippen LogP contribution in [0.2, 0.25) is 0 Å². The molecule has 4 rings (SSSR count). The van der Waals surface area contributed by atoms with Crippen LogP contribution in [-0.4, -0.2) is 32.3 Å². The first-order valence-corrected chi connectivity index (χ1v) is 9.27. The average Bonchev–Trinajstić information content (AvgIpc) is 3.05. The molecule has 0 saturated heterocycles. The van der Waals surface area contributed by atoms with Crippen LogP contribution < -0.4 is 5.56 Å². The average molecular weight is 366 g/mol. The normalized spacial score (nSPS) is 14.5. The van der Waals surface area contributed by atoms with Crippen LogP contribution in [0.25, 0.3) is 21.6 Å². The maximum absolute atomic E-state index is 12.7. The largest absolute Gasteiger partial charge is 0.333 e. The number of thiophene rings is 1. The Bertz CT molecular complexity index is 1080. The van der Waals surface area contributed by atoms with Gasteiger partial charge in [0.15, 0.2) is 0 Å². The van der Waals surface area contributed by atoms with E-state index in [1.54, 1.807) is 12.4 Å².